The van der Waals surface area contributed by atoms with Gasteiger partial charge in [0.05, 0.1) is 16.9 Å². The van der Waals surface area contributed by atoms with E-state index in [1.54, 1.807) is 6.07 Å². The highest BCUT2D eigenvalue weighted by molar-refractivity contribution is 6.33. The monoisotopic (exact) mass is 429 g/mol. The van der Waals surface area contributed by atoms with Crippen molar-refractivity contribution in [3.8, 4) is 0 Å². The summed E-state index contributed by atoms with van der Waals surface area (Å²) in [5, 5.41) is 4.87. The van der Waals surface area contributed by atoms with Crippen LogP contribution in [0.2, 0.25) is 10.0 Å². The summed E-state index contributed by atoms with van der Waals surface area (Å²) in [6.07, 6.45) is 5.29. The Morgan fingerprint density at radius 3 is 2.52 bits per heavy atom. The van der Waals surface area contributed by atoms with Crippen LogP contribution in [0.25, 0.3) is 0 Å². The van der Waals surface area contributed by atoms with Crippen molar-refractivity contribution in [2.45, 2.75) is 50.2 Å². The standard InChI is InChI=1S/C23H25Cl2N3O/c24-17-6-9-19(25)16(14-17)15-26-23(10-3-11-23)22(29)28-13-12-27(18-7-8-18)20-4-1-2-5-21(20)28/h1-2,4-6,9,14,18,26H,3,7-8,10-13,15H2. The number of benzene rings is 2. The van der Waals surface area contributed by atoms with Gasteiger partial charge in [-0.25, -0.2) is 0 Å². The van der Waals surface area contributed by atoms with Crippen molar-refractivity contribution in [1.82, 2.24) is 5.32 Å². The average molecular weight is 430 g/mol. The first-order valence-corrected chi connectivity index (χ1v) is 11.2. The molecule has 5 rings (SSSR count). The molecule has 1 N–H and O–H groups in total. The van der Waals surface area contributed by atoms with Crippen LogP contribution in [0.15, 0.2) is 42.5 Å². The van der Waals surface area contributed by atoms with Gasteiger partial charge >= 0.3 is 0 Å². The predicted molar refractivity (Wildman–Crippen MR) is 119 cm³/mol. The van der Waals surface area contributed by atoms with E-state index in [4.69, 9.17) is 23.2 Å². The van der Waals surface area contributed by atoms with Gasteiger partial charge in [-0.05, 0) is 68.0 Å². The number of fused-ring (bicyclic) bond motifs is 1. The van der Waals surface area contributed by atoms with Gasteiger partial charge in [-0.3, -0.25) is 10.1 Å². The van der Waals surface area contributed by atoms with Crippen molar-refractivity contribution in [2.75, 3.05) is 22.9 Å². The maximum absolute atomic E-state index is 13.7. The molecule has 2 saturated carbocycles. The number of rotatable bonds is 5. The highest BCUT2D eigenvalue weighted by Gasteiger charge is 2.48. The summed E-state index contributed by atoms with van der Waals surface area (Å²) in [6.45, 7) is 2.19. The fourth-order valence-electron chi connectivity index (χ4n) is 4.56. The highest BCUT2D eigenvalue weighted by atomic mass is 35.5. The normalized spacial score (nSPS) is 20.2. The minimum absolute atomic E-state index is 0.185. The molecule has 2 aromatic rings. The molecular formula is C23H25Cl2N3O. The predicted octanol–water partition coefficient (Wildman–Crippen LogP) is 5.02. The van der Waals surface area contributed by atoms with Gasteiger partial charge in [-0.2, -0.15) is 0 Å². The van der Waals surface area contributed by atoms with Gasteiger partial charge in [0.2, 0.25) is 5.91 Å². The van der Waals surface area contributed by atoms with Crippen molar-refractivity contribution >= 4 is 40.5 Å². The molecule has 0 spiro atoms. The molecule has 0 aromatic heterocycles. The van der Waals surface area contributed by atoms with Gasteiger partial charge in [0.25, 0.3) is 0 Å². The van der Waals surface area contributed by atoms with Gasteiger partial charge in [0.15, 0.2) is 0 Å². The van der Waals surface area contributed by atoms with Crippen LogP contribution < -0.4 is 15.1 Å². The number of carbonyl (C=O) groups excluding carboxylic acids is 1. The van der Waals surface area contributed by atoms with E-state index in [0.717, 1.165) is 43.6 Å². The molecule has 3 aliphatic rings. The molecule has 2 aliphatic carbocycles. The Labute approximate surface area is 181 Å². The third-order valence-electron chi connectivity index (χ3n) is 6.52. The Morgan fingerprint density at radius 2 is 1.83 bits per heavy atom. The smallest absolute Gasteiger partial charge is 0.247 e. The quantitative estimate of drug-likeness (QED) is 0.724. The molecule has 4 nitrogen and oxygen atoms in total. The maximum atomic E-state index is 13.7. The summed E-state index contributed by atoms with van der Waals surface area (Å²) < 4.78 is 0. The van der Waals surface area contributed by atoms with Crippen LogP contribution >= 0.6 is 23.2 Å². The summed E-state index contributed by atoms with van der Waals surface area (Å²) in [6, 6.07) is 14.5. The summed E-state index contributed by atoms with van der Waals surface area (Å²) in [5.41, 5.74) is 2.66. The summed E-state index contributed by atoms with van der Waals surface area (Å²) >= 11 is 12.5. The molecule has 0 unspecified atom stereocenters. The number of nitrogens with one attached hydrogen (secondary N) is 1. The molecule has 0 radical (unpaired) electrons. The van der Waals surface area contributed by atoms with Crippen LogP contribution in [0.5, 0.6) is 0 Å². The number of carbonyl (C=O) groups is 1. The second-order valence-electron chi connectivity index (χ2n) is 8.40. The number of hydrogen-bond donors (Lipinski definition) is 1. The number of nitrogens with zero attached hydrogens (tertiary/aromatic N) is 2. The van der Waals surface area contributed by atoms with Crippen LogP contribution in [0.3, 0.4) is 0 Å². The first-order chi connectivity index (χ1) is 14.1. The van der Waals surface area contributed by atoms with E-state index in [0.29, 0.717) is 22.6 Å². The Morgan fingerprint density at radius 1 is 1.07 bits per heavy atom. The van der Waals surface area contributed by atoms with E-state index in [1.807, 2.05) is 23.1 Å². The van der Waals surface area contributed by atoms with Gasteiger partial charge < -0.3 is 9.80 Å². The van der Waals surface area contributed by atoms with Crippen LogP contribution in [-0.4, -0.2) is 30.6 Å². The molecule has 1 amide bonds. The van der Waals surface area contributed by atoms with E-state index in [2.05, 4.69) is 28.4 Å². The summed E-state index contributed by atoms with van der Waals surface area (Å²) in [4.78, 5) is 18.2. The molecule has 2 aromatic carbocycles. The summed E-state index contributed by atoms with van der Waals surface area (Å²) in [5.74, 6) is 0.185. The first kappa shape index (κ1) is 19.2. The topological polar surface area (TPSA) is 35.6 Å². The molecule has 0 atom stereocenters. The zero-order valence-corrected chi connectivity index (χ0v) is 17.8. The van der Waals surface area contributed by atoms with Gasteiger partial charge in [0, 0.05) is 35.7 Å². The first-order valence-electron chi connectivity index (χ1n) is 10.4. The Bertz CT molecular complexity index is 939. The molecule has 29 heavy (non-hydrogen) atoms. The minimum Gasteiger partial charge on any atom is -0.365 e. The Kier molecular flexibility index (Phi) is 4.97. The third-order valence-corrected chi connectivity index (χ3v) is 7.12. The molecule has 2 fully saturated rings. The van der Waals surface area contributed by atoms with Crippen molar-refractivity contribution in [2.24, 2.45) is 0 Å². The SMILES string of the molecule is O=C(N1CCN(C2CC2)c2ccccc21)C1(NCc2cc(Cl)ccc2Cl)CCC1. The molecule has 0 bridgehead atoms. The lowest BCUT2D eigenvalue weighted by molar-refractivity contribution is -0.128. The van der Waals surface area contributed by atoms with E-state index in [1.165, 1.54) is 18.5 Å². The second kappa shape index (κ2) is 7.50. The molecule has 1 aliphatic heterocycles. The number of halogens is 2. The van der Waals surface area contributed by atoms with E-state index in [-0.39, 0.29) is 5.91 Å². The van der Waals surface area contributed by atoms with E-state index < -0.39 is 5.54 Å². The molecule has 152 valence electrons. The minimum atomic E-state index is -0.513. The van der Waals surface area contributed by atoms with Crippen LogP contribution in [0.4, 0.5) is 11.4 Å². The zero-order valence-electron chi connectivity index (χ0n) is 16.3. The lowest BCUT2D eigenvalue weighted by atomic mass is 9.75. The van der Waals surface area contributed by atoms with Crippen molar-refractivity contribution in [3.63, 3.8) is 0 Å². The molecular weight excluding hydrogens is 405 g/mol. The van der Waals surface area contributed by atoms with Gasteiger partial charge in [-0.1, -0.05) is 35.3 Å². The summed E-state index contributed by atoms with van der Waals surface area (Å²) in [7, 11) is 0. The van der Waals surface area contributed by atoms with Crippen LogP contribution in [-0.2, 0) is 11.3 Å². The van der Waals surface area contributed by atoms with Crippen LogP contribution in [0.1, 0.15) is 37.7 Å². The molecule has 0 saturated heterocycles. The van der Waals surface area contributed by atoms with E-state index >= 15 is 0 Å². The van der Waals surface area contributed by atoms with Crippen molar-refractivity contribution in [3.05, 3.63) is 58.1 Å². The zero-order chi connectivity index (χ0) is 20.0. The third kappa shape index (κ3) is 3.52. The number of anilines is 2. The largest absolute Gasteiger partial charge is 0.365 e. The van der Waals surface area contributed by atoms with Crippen LogP contribution in [0, 0.1) is 0 Å². The lowest BCUT2D eigenvalue weighted by Gasteiger charge is -2.47. The van der Waals surface area contributed by atoms with Gasteiger partial charge in [-0.15, -0.1) is 0 Å². The lowest BCUT2D eigenvalue weighted by Crippen LogP contribution is -2.63. The van der Waals surface area contributed by atoms with Crippen molar-refractivity contribution in [1.29, 1.82) is 0 Å². The fraction of sp³-hybridized carbons (Fsp3) is 0.435. The van der Waals surface area contributed by atoms with Gasteiger partial charge in [0.1, 0.15) is 0 Å². The number of hydrogen-bond acceptors (Lipinski definition) is 3. The molecule has 6 heteroatoms. The average Bonchev–Trinajstić information content (AvgIpc) is 3.54. The second-order valence-corrected chi connectivity index (χ2v) is 9.24. The highest BCUT2D eigenvalue weighted by Crippen LogP contribution is 2.42. The fourth-order valence-corrected chi connectivity index (χ4v) is 4.94. The van der Waals surface area contributed by atoms with Crippen molar-refractivity contribution < 1.29 is 4.79 Å². The Balaban J connectivity index is 1.38. The number of para-hydroxylation sites is 2. The Hall–Kier alpha value is -1.75. The number of amides is 1. The maximum Gasteiger partial charge on any atom is 0.247 e. The van der Waals surface area contributed by atoms with E-state index in [9.17, 15) is 4.79 Å². The molecule has 1 heterocycles.